The molecule has 1 unspecified atom stereocenters. The zero-order valence-electron chi connectivity index (χ0n) is 10.1. The second-order valence-corrected chi connectivity index (χ2v) is 6.24. The molecule has 1 saturated carbocycles. The molecule has 1 amide bonds. The molecule has 2 rings (SSSR count). The predicted molar refractivity (Wildman–Crippen MR) is 68.7 cm³/mol. The van der Waals surface area contributed by atoms with E-state index in [1.807, 2.05) is 11.8 Å². The molecule has 1 aliphatic heterocycles. The number of carbonyl (C=O) groups is 1. The molecular formula is C12H22N2OS. The summed E-state index contributed by atoms with van der Waals surface area (Å²) in [5.41, 5.74) is 0. The number of hydrogen-bond donors (Lipinski definition) is 2. The van der Waals surface area contributed by atoms with Crippen LogP contribution in [0.3, 0.4) is 0 Å². The van der Waals surface area contributed by atoms with E-state index in [9.17, 15) is 4.79 Å². The van der Waals surface area contributed by atoms with E-state index in [-0.39, 0.29) is 11.9 Å². The SMILES string of the molecule is CSC1(CNC(=O)C2CCCCCN2)CC1. The molecule has 92 valence electrons. The monoisotopic (exact) mass is 242 g/mol. The molecule has 1 aliphatic carbocycles. The molecule has 4 heteroatoms. The summed E-state index contributed by atoms with van der Waals surface area (Å²) in [6, 6.07) is 0.0557. The lowest BCUT2D eigenvalue weighted by Crippen LogP contribution is -2.45. The predicted octanol–water partition coefficient (Wildman–Crippen LogP) is 1.53. The second kappa shape index (κ2) is 5.41. The Kier molecular flexibility index (Phi) is 4.14. The van der Waals surface area contributed by atoms with Gasteiger partial charge in [-0.15, -0.1) is 0 Å². The van der Waals surface area contributed by atoms with Crippen LogP contribution in [0.5, 0.6) is 0 Å². The van der Waals surface area contributed by atoms with Gasteiger partial charge in [0.2, 0.25) is 5.91 Å². The number of carbonyl (C=O) groups excluding carboxylic acids is 1. The van der Waals surface area contributed by atoms with Gasteiger partial charge in [0.1, 0.15) is 0 Å². The third-order valence-corrected chi connectivity index (χ3v) is 5.12. The van der Waals surface area contributed by atoms with Crippen LogP contribution in [0.15, 0.2) is 0 Å². The highest BCUT2D eigenvalue weighted by Gasteiger charge is 2.42. The van der Waals surface area contributed by atoms with Gasteiger partial charge < -0.3 is 10.6 Å². The van der Waals surface area contributed by atoms with Crippen LogP contribution in [0.1, 0.15) is 38.5 Å². The van der Waals surface area contributed by atoms with Crippen molar-refractivity contribution in [1.29, 1.82) is 0 Å². The van der Waals surface area contributed by atoms with E-state index in [0.717, 1.165) is 19.5 Å². The summed E-state index contributed by atoms with van der Waals surface area (Å²) in [6.07, 6.45) is 9.29. The fourth-order valence-corrected chi connectivity index (χ4v) is 2.94. The van der Waals surface area contributed by atoms with Crippen molar-refractivity contribution in [3.05, 3.63) is 0 Å². The Morgan fingerprint density at radius 2 is 2.25 bits per heavy atom. The fourth-order valence-electron chi connectivity index (χ4n) is 2.22. The van der Waals surface area contributed by atoms with Crippen LogP contribution in [0.25, 0.3) is 0 Å². The average Bonchev–Trinajstić information content (AvgIpc) is 3.11. The van der Waals surface area contributed by atoms with E-state index in [4.69, 9.17) is 0 Å². The highest BCUT2D eigenvalue weighted by atomic mass is 32.2. The van der Waals surface area contributed by atoms with Gasteiger partial charge in [0.25, 0.3) is 0 Å². The van der Waals surface area contributed by atoms with Gasteiger partial charge in [-0.3, -0.25) is 4.79 Å². The van der Waals surface area contributed by atoms with Crippen LogP contribution < -0.4 is 10.6 Å². The largest absolute Gasteiger partial charge is 0.353 e. The Hall–Kier alpha value is -0.220. The highest BCUT2D eigenvalue weighted by molar-refractivity contribution is 8.00. The van der Waals surface area contributed by atoms with Gasteiger partial charge in [-0.1, -0.05) is 12.8 Å². The van der Waals surface area contributed by atoms with Crippen molar-refractivity contribution >= 4 is 17.7 Å². The third kappa shape index (κ3) is 3.14. The quantitative estimate of drug-likeness (QED) is 0.785. The molecule has 1 heterocycles. The van der Waals surface area contributed by atoms with Gasteiger partial charge in [0, 0.05) is 11.3 Å². The van der Waals surface area contributed by atoms with E-state index in [2.05, 4.69) is 16.9 Å². The Labute approximate surface area is 102 Å². The van der Waals surface area contributed by atoms with Gasteiger partial charge in [-0.05, 0) is 38.5 Å². The zero-order valence-corrected chi connectivity index (χ0v) is 10.9. The van der Waals surface area contributed by atoms with Crippen molar-refractivity contribution < 1.29 is 4.79 Å². The lowest BCUT2D eigenvalue weighted by Gasteiger charge is -2.18. The first-order valence-corrected chi connectivity index (χ1v) is 7.54. The number of nitrogens with one attached hydrogen (secondary N) is 2. The highest BCUT2D eigenvalue weighted by Crippen LogP contribution is 2.46. The van der Waals surface area contributed by atoms with Crippen LogP contribution in [0.4, 0.5) is 0 Å². The summed E-state index contributed by atoms with van der Waals surface area (Å²) in [5.74, 6) is 0.210. The Morgan fingerprint density at radius 1 is 1.44 bits per heavy atom. The molecule has 1 atom stereocenters. The Morgan fingerprint density at radius 3 is 2.94 bits per heavy atom. The van der Waals surface area contributed by atoms with Gasteiger partial charge in [-0.25, -0.2) is 0 Å². The van der Waals surface area contributed by atoms with Crippen LogP contribution in [0, 0.1) is 0 Å². The van der Waals surface area contributed by atoms with E-state index < -0.39 is 0 Å². The van der Waals surface area contributed by atoms with E-state index >= 15 is 0 Å². The standard InChI is InChI=1S/C12H22N2OS/c1-16-12(6-7-12)9-14-11(15)10-5-3-2-4-8-13-10/h10,13H,2-9H2,1H3,(H,14,15). The molecule has 16 heavy (non-hydrogen) atoms. The molecule has 0 aromatic carbocycles. The smallest absolute Gasteiger partial charge is 0.237 e. The van der Waals surface area contributed by atoms with E-state index in [0.29, 0.717) is 4.75 Å². The molecule has 0 bridgehead atoms. The van der Waals surface area contributed by atoms with Crippen molar-refractivity contribution in [3.8, 4) is 0 Å². The number of thioether (sulfide) groups is 1. The number of amides is 1. The first-order valence-electron chi connectivity index (χ1n) is 6.32. The normalized spacial score (nSPS) is 28.2. The van der Waals surface area contributed by atoms with Crippen molar-refractivity contribution in [2.75, 3.05) is 19.3 Å². The molecule has 0 aromatic rings. The minimum atomic E-state index is 0.0557. The fraction of sp³-hybridized carbons (Fsp3) is 0.917. The van der Waals surface area contributed by atoms with Gasteiger partial charge >= 0.3 is 0 Å². The molecule has 2 aliphatic rings. The maximum absolute atomic E-state index is 12.0. The molecule has 0 radical (unpaired) electrons. The van der Waals surface area contributed by atoms with Crippen LogP contribution in [-0.4, -0.2) is 36.0 Å². The van der Waals surface area contributed by atoms with Gasteiger partial charge in [0.05, 0.1) is 6.04 Å². The second-order valence-electron chi connectivity index (χ2n) is 4.96. The van der Waals surface area contributed by atoms with Gasteiger partial charge in [0.15, 0.2) is 0 Å². The average molecular weight is 242 g/mol. The first-order chi connectivity index (χ1) is 7.76. The van der Waals surface area contributed by atoms with Crippen molar-refractivity contribution in [1.82, 2.24) is 10.6 Å². The lowest BCUT2D eigenvalue weighted by molar-refractivity contribution is -0.123. The molecule has 0 aromatic heterocycles. The molecule has 2 fully saturated rings. The summed E-state index contributed by atoms with van der Waals surface area (Å²) in [4.78, 5) is 12.0. The van der Waals surface area contributed by atoms with E-state index in [1.165, 1.54) is 32.1 Å². The van der Waals surface area contributed by atoms with Crippen LogP contribution in [0.2, 0.25) is 0 Å². The number of hydrogen-bond acceptors (Lipinski definition) is 3. The third-order valence-electron chi connectivity index (χ3n) is 3.70. The summed E-state index contributed by atoms with van der Waals surface area (Å²) in [7, 11) is 0. The number of rotatable bonds is 4. The summed E-state index contributed by atoms with van der Waals surface area (Å²) in [6.45, 7) is 1.84. The maximum atomic E-state index is 12.0. The Balaban J connectivity index is 1.74. The molecular weight excluding hydrogens is 220 g/mol. The molecule has 2 N–H and O–H groups in total. The van der Waals surface area contributed by atoms with Crippen LogP contribution >= 0.6 is 11.8 Å². The maximum Gasteiger partial charge on any atom is 0.237 e. The Bertz CT molecular complexity index is 245. The summed E-state index contributed by atoms with van der Waals surface area (Å²) < 4.78 is 0.375. The minimum absolute atomic E-state index is 0.0557. The minimum Gasteiger partial charge on any atom is -0.353 e. The zero-order chi connectivity index (χ0) is 11.4. The van der Waals surface area contributed by atoms with Crippen molar-refractivity contribution in [2.24, 2.45) is 0 Å². The van der Waals surface area contributed by atoms with Crippen molar-refractivity contribution in [3.63, 3.8) is 0 Å². The topological polar surface area (TPSA) is 41.1 Å². The first kappa shape index (κ1) is 12.2. The van der Waals surface area contributed by atoms with Gasteiger partial charge in [-0.2, -0.15) is 11.8 Å². The molecule has 3 nitrogen and oxygen atoms in total. The molecule has 0 spiro atoms. The van der Waals surface area contributed by atoms with Crippen LogP contribution in [-0.2, 0) is 4.79 Å². The molecule has 1 saturated heterocycles. The lowest BCUT2D eigenvalue weighted by atomic mass is 10.1. The summed E-state index contributed by atoms with van der Waals surface area (Å²) in [5, 5.41) is 6.45. The summed E-state index contributed by atoms with van der Waals surface area (Å²) >= 11 is 1.90. The van der Waals surface area contributed by atoms with Crippen molar-refractivity contribution in [2.45, 2.75) is 49.3 Å². The van der Waals surface area contributed by atoms with E-state index in [1.54, 1.807) is 0 Å².